The van der Waals surface area contributed by atoms with E-state index in [1.165, 1.54) is 12.8 Å². The number of rotatable bonds is 7. The van der Waals surface area contributed by atoms with Crippen LogP contribution in [0.3, 0.4) is 0 Å². The first-order valence-electron chi connectivity index (χ1n) is 7.38. The van der Waals surface area contributed by atoms with Crippen molar-refractivity contribution in [1.82, 2.24) is 0 Å². The summed E-state index contributed by atoms with van der Waals surface area (Å²) < 4.78 is 11.4. The van der Waals surface area contributed by atoms with Crippen molar-refractivity contribution in [3.05, 3.63) is 58.6 Å². The number of nitrogens with zero attached hydrogens (tertiary/aromatic N) is 1. The first-order chi connectivity index (χ1) is 11.1. The third-order valence-corrected chi connectivity index (χ3v) is 3.98. The molecule has 5 heteroatoms. The fourth-order valence-electron chi connectivity index (χ4n) is 2.12. The van der Waals surface area contributed by atoms with Crippen LogP contribution < -0.4 is 9.64 Å². The summed E-state index contributed by atoms with van der Waals surface area (Å²) in [5, 5.41) is 0. The molecule has 0 fully saturated rings. The molecule has 0 bridgehead atoms. The second kappa shape index (κ2) is 8.58. The number of methoxy groups -OCH3 is 1. The Kier molecular flexibility index (Phi) is 6.47. The average Bonchev–Trinajstić information content (AvgIpc) is 2.59. The largest absolute Gasteiger partial charge is 0.494 e. The normalized spacial score (nSPS) is 10.2. The highest BCUT2D eigenvalue weighted by molar-refractivity contribution is 9.10. The standard InChI is InChI=1S/C18H20BrNO3/c1-20(16-8-6-15(19)7-9-16)12-3-13-23-17-10-4-14(5-11-17)18(21)22-2/h4-11H,3,12-13H2,1-2H3. The Bertz CT molecular complexity index is 626. The van der Waals surface area contributed by atoms with Gasteiger partial charge in [0.15, 0.2) is 0 Å². The number of ether oxygens (including phenoxy) is 2. The fraction of sp³-hybridized carbons (Fsp3) is 0.278. The molecule has 0 aromatic heterocycles. The lowest BCUT2D eigenvalue weighted by Gasteiger charge is -2.19. The number of halogens is 1. The Morgan fingerprint density at radius 1 is 1.09 bits per heavy atom. The molecule has 0 heterocycles. The van der Waals surface area contributed by atoms with Gasteiger partial charge in [0.05, 0.1) is 19.3 Å². The summed E-state index contributed by atoms with van der Waals surface area (Å²) in [5.74, 6) is 0.414. The zero-order chi connectivity index (χ0) is 16.7. The molecule has 2 aromatic carbocycles. The van der Waals surface area contributed by atoms with E-state index in [0.717, 1.165) is 23.2 Å². The van der Waals surface area contributed by atoms with Gasteiger partial charge in [0.2, 0.25) is 0 Å². The Morgan fingerprint density at radius 2 is 1.74 bits per heavy atom. The lowest BCUT2D eigenvalue weighted by Crippen LogP contribution is -2.20. The van der Waals surface area contributed by atoms with E-state index in [-0.39, 0.29) is 5.97 Å². The maximum Gasteiger partial charge on any atom is 0.337 e. The van der Waals surface area contributed by atoms with Crippen molar-refractivity contribution < 1.29 is 14.3 Å². The van der Waals surface area contributed by atoms with Gasteiger partial charge in [0.25, 0.3) is 0 Å². The lowest BCUT2D eigenvalue weighted by atomic mass is 10.2. The van der Waals surface area contributed by atoms with Crippen molar-refractivity contribution in [2.24, 2.45) is 0 Å². The van der Waals surface area contributed by atoms with Crippen molar-refractivity contribution in [3.8, 4) is 5.75 Å². The van der Waals surface area contributed by atoms with E-state index in [1.807, 2.05) is 12.1 Å². The Morgan fingerprint density at radius 3 is 2.35 bits per heavy atom. The van der Waals surface area contributed by atoms with E-state index < -0.39 is 0 Å². The maximum absolute atomic E-state index is 11.3. The third kappa shape index (κ3) is 5.28. The molecule has 0 N–H and O–H groups in total. The Balaban J connectivity index is 1.74. The highest BCUT2D eigenvalue weighted by Crippen LogP contribution is 2.17. The van der Waals surface area contributed by atoms with Gasteiger partial charge in [-0.1, -0.05) is 15.9 Å². The zero-order valence-electron chi connectivity index (χ0n) is 13.3. The SMILES string of the molecule is COC(=O)c1ccc(OCCCN(C)c2ccc(Br)cc2)cc1. The molecule has 4 nitrogen and oxygen atoms in total. The van der Waals surface area contributed by atoms with Gasteiger partial charge in [-0.25, -0.2) is 4.79 Å². The van der Waals surface area contributed by atoms with Crippen molar-refractivity contribution >= 4 is 27.6 Å². The van der Waals surface area contributed by atoms with Crippen LogP contribution in [0.25, 0.3) is 0 Å². The van der Waals surface area contributed by atoms with Crippen LogP contribution in [0.2, 0.25) is 0 Å². The van der Waals surface area contributed by atoms with Gasteiger partial charge in [-0.2, -0.15) is 0 Å². The van der Waals surface area contributed by atoms with E-state index in [1.54, 1.807) is 24.3 Å². The van der Waals surface area contributed by atoms with Crippen molar-refractivity contribution in [2.45, 2.75) is 6.42 Å². The van der Waals surface area contributed by atoms with Crippen molar-refractivity contribution in [3.63, 3.8) is 0 Å². The highest BCUT2D eigenvalue weighted by Gasteiger charge is 2.05. The number of carbonyl (C=O) groups excluding carboxylic acids is 1. The first kappa shape index (κ1) is 17.3. The molecular weight excluding hydrogens is 358 g/mol. The van der Waals surface area contributed by atoms with E-state index in [0.29, 0.717) is 12.2 Å². The monoisotopic (exact) mass is 377 g/mol. The number of anilines is 1. The minimum atomic E-state index is -0.340. The van der Waals surface area contributed by atoms with Crippen LogP contribution in [0, 0.1) is 0 Å². The molecule has 0 aliphatic rings. The molecule has 122 valence electrons. The van der Waals surface area contributed by atoms with E-state index in [2.05, 4.69) is 44.7 Å². The predicted molar refractivity (Wildman–Crippen MR) is 95.3 cm³/mol. The molecule has 0 saturated heterocycles. The van der Waals surface area contributed by atoms with E-state index in [9.17, 15) is 4.79 Å². The maximum atomic E-state index is 11.3. The molecule has 0 atom stereocenters. The topological polar surface area (TPSA) is 38.8 Å². The van der Waals surface area contributed by atoms with Gasteiger partial charge in [-0.15, -0.1) is 0 Å². The van der Waals surface area contributed by atoms with Crippen LogP contribution in [0.5, 0.6) is 5.75 Å². The molecule has 0 unspecified atom stereocenters. The molecule has 0 aliphatic carbocycles. The highest BCUT2D eigenvalue weighted by atomic mass is 79.9. The number of hydrogen-bond acceptors (Lipinski definition) is 4. The fourth-order valence-corrected chi connectivity index (χ4v) is 2.39. The number of esters is 1. The molecule has 0 radical (unpaired) electrons. The summed E-state index contributed by atoms with van der Waals surface area (Å²) in [7, 11) is 3.43. The molecule has 0 saturated carbocycles. The van der Waals surface area contributed by atoms with Gasteiger partial charge in [0.1, 0.15) is 5.75 Å². The summed E-state index contributed by atoms with van der Waals surface area (Å²) in [4.78, 5) is 13.5. The van der Waals surface area contributed by atoms with Crippen LogP contribution in [-0.2, 0) is 4.74 Å². The van der Waals surface area contributed by atoms with Crippen molar-refractivity contribution in [1.29, 1.82) is 0 Å². The summed E-state index contributed by atoms with van der Waals surface area (Å²) in [6, 6.07) is 15.2. The minimum absolute atomic E-state index is 0.340. The number of benzene rings is 2. The third-order valence-electron chi connectivity index (χ3n) is 3.45. The van der Waals surface area contributed by atoms with Crippen LogP contribution in [0.1, 0.15) is 16.8 Å². The van der Waals surface area contributed by atoms with Crippen LogP contribution in [0.15, 0.2) is 53.0 Å². The predicted octanol–water partition coefficient (Wildman–Crippen LogP) is 4.14. The van der Waals surface area contributed by atoms with E-state index in [4.69, 9.17) is 4.74 Å². The zero-order valence-corrected chi connectivity index (χ0v) is 14.9. The number of carbonyl (C=O) groups is 1. The van der Waals surface area contributed by atoms with Gasteiger partial charge >= 0.3 is 5.97 Å². The minimum Gasteiger partial charge on any atom is -0.494 e. The molecule has 23 heavy (non-hydrogen) atoms. The molecule has 0 spiro atoms. The Labute approximate surface area is 145 Å². The molecule has 2 aromatic rings. The molecule has 0 aliphatic heterocycles. The molecule has 2 rings (SSSR count). The van der Waals surface area contributed by atoms with Gasteiger partial charge in [-0.3, -0.25) is 0 Å². The second-order valence-electron chi connectivity index (χ2n) is 5.12. The summed E-state index contributed by atoms with van der Waals surface area (Å²) in [5.41, 5.74) is 1.70. The average molecular weight is 378 g/mol. The summed E-state index contributed by atoms with van der Waals surface area (Å²) >= 11 is 3.44. The molecular formula is C18H20BrNO3. The van der Waals surface area contributed by atoms with Crippen LogP contribution >= 0.6 is 15.9 Å². The second-order valence-corrected chi connectivity index (χ2v) is 6.03. The first-order valence-corrected chi connectivity index (χ1v) is 8.17. The quantitative estimate of drug-likeness (QED) is 0.536. The van der Waals surface area contributed by atoms with Gasteiger partial charge < -0.3 is 14.4 Å². The smallest absolute Gasteiger partial charge is 0.337 e. The number of hydrogen-bond donors (Lipinski definition) is 0. The van der Waals surface area contributed by atoms with Crippen LogP contribution in [0.4, 0.5) is 5.69 Å². The van der Waals surface area contributed by atoms with E-state index >= 15 is 0 Å². The van der Waals surface area contributed by atoms with Crippen LogP contribution in [-0.4, -0.2) is 33.3 Å². The molecule has 0 amide bonds. The van der Waals surface area contributed by atoms with Gasteiger partial charge in [0, 0.05) is 23.8 Å². The summed E-state index contributed by atoms with van der Waals surface area (Å²) in [6.45, 7) is 1.53. The lowest BCUT2D eigenvalue weighted by molar-refractivity contribution is 0.0600. The van der Waals surface area contributed by atoms with Gasteiger partial charge in [-0.05, 0) is 55.0 Å². The Hall–Kier alpha value is -2.01. The van der Waals surface area contributed by atoms with Crippen molar-refractivity contribution in [2.75, 3.05) is 32.2 Å². The summed E-state index contributed by atoms with van der Waals surface area (Å²) in [6.07, 6.45) is 0.908.